The van der Waals surface area contributed by atoms with Crippen LogP contribution in [0.2, 0.25) is 0 Å². The molecule has 0 aromatic heterocycles. The molecule has 0 radical (unpaired) electrons. The van der Waals surface area contributed by atoms with Gasteiger partial charge in [0.15, 0.2) is 11.5 Å². The SMILES string of the molecule is CC(Sc1ccc(NC(=O)Cc2ccccc2)cc1)C(=O)Nc1ccc2c(c1)OCO2. The van der Waals surface area contributed by atoms with Crippen molar-refractivity contribution in [3.8, 4) is 11.5 Å². The van der Waals surface area contributed by atoms with Crippen molar-refractivity contribution < 1.29 is 19.1 Å². The number of fused-ring (bicyclic) bond motifs is 1. The lowest BCUT2D eigenvalue weighted by Gasteiger charge is -2.13. The fourth-order valence-electron chi connectivity index (χ4n) is 3.08. The van der Waals surface area contributed by atoms with Crippen LogP contribution in [0.3, 0.4) is 0 Å². The number of anilines is 2. The van der Waals surface area contributed by atoms with Crippen LogP contribution in [-0.4, -0.2) is 23.9 Å². The maximum absolute atomic E-state index is 12.5. The van der Waals surface area contributed by atoms with Gasteiger partial charge in [-0.1, -0.05) is 30.3 Å². The molecule has 6 nitrogen and oxygen atoms in total. The fourth-order valence-corrected chi connectivity index (χ4v) is 3.95. The lowest BCUT2D eigenvalue weighted by Crippen LogP contribution is -2.22. The van der Waals surface area contributed by atoms with E-state index in [2.05, 4.69) is 10.6 Å². The average molecular weight is 435 g/mol. The Morgan fingerprint density at radius 1 is 0.903 bits per heavy atom. The van der Waals surface area contributed by atoms with Crippen LogP contribution in [0.4, 0.5) is 11.4 Å². The maximum Gasteiger partial charge on any atom is 0.237 e. The van der Waals surface area contributed by atoms with Crippen LogP contribution in [0.15, 0.2) is 77.7 Å². The predicted octanol–water partition coefficient (Wildman–Crippen LogP) is 4.72. The van der Waals surface area contributed by atoms with Gasteiger partial charge in [0.2, 0.25) is 18.6 Å². The molecule has 2 amide bonds. The van der Waals surface area contributed by atoms with Crippen LogP contribution in [0.5, 0.6) is 11.5 Å². The predicted molar refractivity (Wildman–Crippen MR) is 122 cm³/mol. The highest BCUT2D eigenvalue weighted by Crippen LogP contribution is 2.34. The van der Waals surface area contributed by atoms with Crippen LogP contribution < -0.4 is 20.1 Å². The van der Waals surface area contributed by atoms with Crippen LogP contribution in [0.25, 0.3) is 0 Å². The molecule has 1 unspecified atom stereocenters. The molecule has 0 aliphatic carbocycles. The Balaban J connectivity index is 1.28. The summed E-state index contributed by atoms with van der Waals surface area (Å²) in [6.07, 6.45) is 0.328. The molecular formula is C24H22N2O4S. The molecule has 0 bridgehead atoms. The first-order valence-corrected chi connectivity index (χ1v) is 10.8. The van der Waals surface area contributed by atoms with E-state index in [0.717, 1.165) is 16.1 Å². The Hall–Kier alpha value is -3.45. The van der Waals surface area contributed by atoms with Gasteiger partial charge < -0.3 is 20.1 Å². The summed E-state index contributed by atoms with van der Waals surface area (Å²) < 4.78 is 10.6. The van der Waals surface area contributed by atoms with Crippen LogP contribution in [0.1, 0.15) is 12.5 Å². The van der Waals surface area contributed by atoms with Gasteiger partial charge in [0, 0.05) is 22.3 Å². The second kappa shape index (κ2) is 9.57. The normalized spacial score (nSPS) is 12.8. The number of amides is 2. The van der Waals surface area contributed by atoms with Crippen LogP contribution >= 0.6 is 11.8 Å². The molecule has 0 fully saturated rings. The quantitative estimate of drug-likeness (QED) is 0.527. The summed E-state index contributed by atoms with van der Waals surface area (Å²) in [6, 6.07) is 22.4. The minimum Gasteiger partial charge on any atom is -0.454 e. The third-order valence-electron chi connectivity index (χ3n) is 4.67. The fraction of sp³-hybridized carbons (Fsp3) is 0.167. The molecule has 1 aliphatic heterocycles. The second-order valence-electron chi connectivity index (χ2n) is 7.05. The number of rotatable bonds is 7. The minimum absolute atomic E-state index is 0.0666. The largest absolute Gasteiger partial charge is 0.454 e. The van der Waals surface area contributed by atoms with Gasteiger partial charge in [-0.15, -0.1) is 11.8 Å². The number of hydrogen-bond acceptors (Lipinski definition) is 5. The molecule has 1 atom stereocenters. The number of carbonyl (C=O) groups excluding carboxylic acids is 2. The Kier molecular flexibility index (Phi) is 6.43. The molecule has 7 heteroatoms. The smallest absolute Gasteiger partial charge is 0.237 e. The maximum atomic E-state index is 12.5. The van der Waals surface area contributed by atoms with Crippen molar-refractivity contribution in [1.29, 1.82) is 0 Å². The Morgan fingerprint density at radius 3 is 2.39 bits per heavy atom. The summed E-state index contributed by atoms with van der Waals surface area (Å²) in [6.45, 7) is 2.05. The highest BCUT2D eigenvalue weighted by atomic mass is 32.2. The Morgan fingerprint density at radius 2 is 1.61 bits per heavy atom. The molecule has 3 aromatic rings. The Labute approximate surface area is 185 Å². The van der Waals surface area contributed by atoms with Gasteiger partial charge in [-0.25, -0.2) is 0 Å². The zero-order valence-electron chi connectivity index (χ0n) is 17.0. The number of ether oxygens (including phenoxy) is 2. The van der Waals surface area contributed by atoms with Crippen molar-refractivity contribution in [3.05, 3.63) is 78.4 Å². The van der Waals surface area contributed by atoms with Crippen LogP contribution in [-0.2, 0) is 16.0 Å². The molecule has 31 heavy (non-hydrogen) atoms. The summed E-state index contributed by atoms with van der Waals surface area (Å²) in [5.41, 5.74) is 2.36. The number of carbonyl (C=O) groups is 2. The topological polar surface area (TPSA) is 76.7 Å². The summed E-state index contributed by atoms with van der Waals surface area (Å²) in [5.74, 6) is 1.13. The monoisotopic (exact) mass is 434 g/mol. The van der Waals surface area contributed by atoms with Crippen molar-refractivity contribution in [2.75, 3.05) is 17.4 Å². The zero-order chi connectivity index (χ0) is 21.6. The van der Waals surface area contributed by atoms with Gasteiger partial charge in [-0.05, 0) is 48.9 Å². The molecule has 4 rings (SSSR count). The van der Waals surface area contributed by atoms with Gasteiger partial charge >= 0.3 is 0 Å². The first kappa shape index (κ1) is 20.8. The number of nitrogens with one attached hydrogen (secondary N) is 2. The third-order valence-corrected chi connectivity index (χ3v) is 5.78. The van der Waals surface area contributed by atoms with E-state index < -0.39 is 0 Å². The summed E-state index contributed by atoms with van der Waals surface area (Å²) >= 11 is 1.45. The summed E-state index contributed by atoms with van der Waals surface area (Å²) in [5, 5.41) is 5.50. The summed E-state index contributed by atoms with van der Waals surface area (Å²) in [7, 11) is 0. The van der Waals surface area contributed by atoms with E-state index in [1.165, 1.54) is 11.8 Å². The van der Waals surface area contributed by atoms with E-state index in [0.29, 0.717) is 23.6 Å². The molecule has 1 aliphatic rings. The van der Waals surface area contributed by atoms with E-state index in [1.54, 1.807) is 18.2 Å². The van der Waals surface area contributed by atoms with Crippen molar-refractivity contribution in [2.24, 2.45) is 0 Å². The van der Waals surface area contributed by atoms with E-state index in [-0.39, 0.29) is 23.9 Å². The van der Waals surface area contributed by atoms with Gasteiger partial charge in [0.25, 0.3) is 0 Å². The van der Waals surface area contributed by atoms with Crippen LogP contribution in [0, 0.1) is 0 Å². The first-order chi connectivity index (χ1) is 15.1. The van der Waals surface area contributed by atoms with Crippen molar-refractivity contribution in [2.45, 2.75) is 23.5 Å². The molecular weight excluding hydrogens is 412 g/mol. The van der Waals surface area contributed by atoms with Crippen molar-refractivity contribution in [1.82, 2.24) is 0 Å². The van der Waals surface area contributed by atoms with Gasteiger partial charge in [0.1, 0.15) is 0 Å². The van der Waals surface area contributed by atoms with E-state index in [4.69, 9.17) is 9.47 Å². The third kappa shape index (κ3) is 5.58. The molecule has 0 saturated carbocycles. The molecule has 1 heterocycles. The van der Waals surface area contributed by atoms with E-state index >= 15 is 0 Å². The van der Waals surface area contributed by atoms with Gasteiger partial charge in [-0.2, -0.15) is 0 Å². The lowest BCUT2D eigenvalue weighted by atomic mass is 10.1. The number of thioether (sulfide) groups is 1. The number of benzene rings is 3. The van der Waals surface area contributed by atoms with Crippen molar-refractivity contribution in [3.63, 3.8) is 0 Å². The Bertz CT molecular complexity index is 1070. The highest BCUT2D eigenvalue weighted by molar-refractivity contribution is 8.00. The average Bonchev–Trinajstić information content (AvgIpc) is 3.23. The standard InChI is InChI=1S/C24H22N2O4S/c1-16(24(28)26-19-9-12-21-22(14-19)30-15-29-21)31-20-10-7-18(8-11-20)25-23(27)13-17-5-3-2-4-6-17/h2-12,14,16H,13,15H2,1H3,(H,25,27)(H,26,28). The molecule has 0 saturated heterocycles. The second-order valence-corrected chi connectivity index (χ2v) is 8.47. The molecule has 158 valence electrons. The zero-order valence-corrected chi connectivity index (χ0v) is 17.8. The number of hydrogen-bond donors (Lipinski definition) is 2. The van der Waals surface area contributed by atoms with E-state index in [1.807, 2.05) is 61.5 Å². The molecule has 0 spiro atoms. The van der Waals surface area contributed by atoms with E-state index in [9.17, 15) is 9.59 Å². The molecule has 2 N–H and O–H groups in total. The molecule has 3 aromatic carbocycles. The van der Waals surface area contributed by atoms with Gasteiger partial charge in [-0.3, -0.25) is 9.59 Å². The lowest BCUT2D eigenvalue weighted by molar-refractivity contribution is -0.116. The minimum atomic E-state index is -0.302. The first-order valence-electron chi connectivity index (χ1n) is 9.88. The summed E-state index contributed by atoms with van der Waals surface area (Å²) in [4.78, 5) is 25.7. The van der Waals surface area contributed by atoms with Gasteiger partial charge in [0.05, 0.1) is 11.7 Å². The van der Waals surface area contributed by atoms with Crippen molar-refractivity contribution >= 4 is 35.0 Å². The highest BCUT2D eigenvalue weighted by Gasteiger charge is 2.18.